The third-order valence-corrected chi connectivity index (χ3v) is 4.19. The van der Waals surface area contributed by atoms with Gasteiger partial charge in [-0.05, 0) is 30.4 Å². The van der Waals surface area contributed by atoms with Gasteiger partial charge in [-0.2, -0.15) is 0 Å². The zero-order chi connectivity index (χ0) is 17.3. The van der Waals surface area contributed by atoms with Crippen molar-refractivity contribution < 1.29 is 4.74 Å². The third-order valence-electron chi connectivity index (χ3n) is 4.19. The lowest BCUT2D eigenvalue weighted by molar-refractivity contribution is 0.386. The van der Waals surface area contributed by atoms with Gasteiger partial charge in [0.15, 0.2) is 0 Å². The molecule has 2 N–H and O–H groups in total. The number of hydrogen-bond donors (Lipinski definition) is 2. The Morgan fingerprint density at radius 3 is 2.79 bits per heavy atom. The van der Waals surface area contributed by atoms with Crippen LogP contribution in [0, 0.1) is 12.8 Å². The fourth-order valence-electron chi connectivity index (χ4n) is 3.02. The quantitative estimate of drug-likeness (QED) is 0.755. The molecule has 5 heteroatoms. The highest BCUT2D eigenvalue weighted by atomic mass is 16.5. The van der Waals surface area contributed by atoms with Crippen LogP contribution in [0.1, 0.15) is 36.4 Å². The minimum Gasteiger partial charge on any atom is -0.480 e. The second-order valence-corrected chi connectivity index (χ2v) is 6.59. The van der Waals surface area contributed by atoms with Crippen molar-refractivity contribution in [2.75, 3.05) is 7.11 Å². The molecule has 3 rings (SSSR count). The van der Waals surface area contributed by atoms with Crippen LogP contribution in [-0.2, 0) is 12.8 Å². The molecule has 2 heterocycles. The van der Waals surface area contributed by atoms with Gasteiger partial charge in [-0.25, -0.2) is 4.98 Å². The van der Waals surface area contributed by atoms with E-state index in [4.69, 9.17) is 4.74 Å². The van der Waals surface area contributed by atoms with E-state index in [1.807, 2.05) is 12.3 Å². The van der Waals surface area contributed by atoms with Crippen LogP contribution < -0.4 is 10.3 Å². The van der Waals surface area contributed by atoms with Crippen molar-refractivity contribution in [2.45, 2.75) is 33.6 Å². The van der Waals surface area contributed by atoms with Crippen molar-refractivity contribution in [1.29, 1.82) is 0 Å². The minimum absolute atomic E-state index is 0.129. The molecule has 1 aromatic carbocycles. The van der Waals surface area contributed by atoms with E-state index < -0.39 is 0 Å². The first-order chi connectivity index (χ1) is 11.5. The molecule has 126 valence electrons. The summed E-state index contributed by atoms with van der Waals surface area (Å²) in [6.07, 6.45) is 3.19. The van der Waals surface area contributed by atoms with Crippen LogP contribution in [0.4, 0.5) is 0 Å². The van der Waals surface area contributed by atoms with Crippen LogP contribution >= 0.6 is 0 Å². The number of hydrogen-bond acceptors (Lipinski definition) is 3. The molecular formula is C19H23N3O2. The van der Waals surface area contributed by atoms with Crippen LogP contribution in [0.3, 0.4) is 0 Å². The van der Waals surface area contributed by atoms with Crippen molar-refractivity contribution in [3.05, 3.63) is 57.3 Å². The molecule has 0 saturated carbocycles. The highest BCUT2D eigenvalue weighted by Gasteiger charge is 2.15. The Labute approximate surface area is 141 Å². The average molecular weight is 325 g/mol. The largest absolute Gasteiger partial charge is 0.480 e. The normalized spacial score (nSPS) is 11.4. The van der Waals surface area contributed by atoms with E-state index >= 15 is 0 Å². The van der Waals surface area contributed by atoms with E-state index in [1.54, 1.807) is 7.11 Å². The lowest BCUT2D eigenvalue weighted by Gasteiger charge is -2.10. The number of rotatable bonds is 5. The van der Waals surface area contributed by atoms with E-state index in [2.05, 4.69) is 47.9 Å². The molecule has 2 aromatic heterocycles. The van der Waals surface area contributed by atoms with Crippen LogP contribution in [0.5, 0.6) is 5.88 Å². The maximum atomic E-state index is 12.3. The first-order valence-electron chi connectivity index (χ1n) is 8.21. The zero-order valence-corrected chi connectivity index (χ0v) is 14.6. The Morgan fingerprint density at radius 2 is 2.08 bits per heavy atom. The highest BCUT2D eigenvalue weighted by molar-refractivity contribution is 5.86. The molecule has 0 amide bonds. The maximum absolute atomic E-state index is 12.3. The predicted molar refractivity (Wildman–Crippen MR) is 95.8 cm³/mol. The van der Waals surface area contributed by atoms with Gasteiger partial charge in [-0.1, -0.05) is 32.0 Å². The van der Waals surface area contributed by atoms with Gasteiger partial charge in [-0.3, -0.25) is 4.79 Å². The van der Waals surface area contributed by atoms with Crippen LogP contribution in [0.15, 0.2) is 29.2 Å². The second kappa shape index (κ2) is 6.51. The van der Waals surface area contributed by atoms with E-state index in [0.29, 0.717) is 36.0 Å². The molecule has 0 atom stereocenters. The summed E-state index contributed by atoms with van der Waals surface area (Å²) in [6.45, 7) is 6.21. The first-order valence-corrected chi connectivity index (χ1v) is 8.21. The number of ether oxygens (including phenoxy) is 1. The van der Waals surface area contributed by atoms with Crippen molar-refractivity contribution >= 4 is 10.9 Å². The minimum atomic E-state index is -0.129. The number of benzene rings is 1. The number of aromatic nitrogens is 3. The average Bonchev–Trinajstić information content (AvgIpc) is 2.94. The number of fused-ring (bicyclic) bond motifs is 1. The van der Waals surface area contributed by atoms with Crippen molar-refractivity contribution in [3.63, 3.8) is 0 Å². The Hall–Kier alpha value is -2.56. The van der Waals surface area contributed by atoms with Gasteiger partial charge in [0.05, 0.1) is 12.8 Å². The van der Waals surface area contributed by atoms with E-state index in [-0.39, 0.29) is 5.56 Å². The summed E-state index contributed by atoms with van der Waals surface area (Å²) in [4.78, 5) is 23.0. The van der Waals surface area contributed by atoms with Gasteiger partial charge < -0.3 is 14.7 Å². The molecule has 0 fully saturated rings. The summed E-state index contributed by atoms with van der Waals surface area (Å²) >= 11 is 0. The number of aromatic amines is 2. The smallest absolute Gasteiger partial charge is 0.270 e. The van der Waals surface area contributed by atoms with Gasteiger partial charge in [0.25, 0.3) is 5.56 Å². The molecule has 0 aliphatic heterocycles. The Balaban J connectivity index is 2.01. The third kappa shape index (κ3) is 3.07. The number of para-hydroxylation sites is 1. The summed E-state index contributed by atoms with van der Waals surface area (Å²) in [5.74, 6) is 0.859. The van der Waals surface area contributed by atoms with Crippen LogP contribution in [0.2, 0.25) is 0 Å². The second-order valence-electron chi connectivity index (χ2n) is 6.59. The molecule has 5 nitrogen and oxygen atoms in total. The molecule has 0 unspecified atom stereocenters. The maximum Gasteiger partial charge on any atom is 0.270 e. The summed E-state index contributed by atoms with van der Waals surface area (Å²) in [5, 5.41) is 1.16. The Kier molecular flexibility index (Phi) is 4.42. The summed E-state index contributed by atoms with van der Waals surface area (Å²) in [5.41, 5.74) is 4.54. The van der Waals surface area contributed by atoms with E-state index in [9.17, 15) is 4.79 Å². The van der Waals surface area contributed by atoms with Gasteiger partial charge >= 0.3 is 0 Å². The number of nitrogens with one attached hydrogen (secondary N) is 2. The first kappa shape index (κ1) is 16.3. The van der Waals surface area contributed by atoms with Gasteiger partial charge in [0, 0.05) is 23.5 Å². The molecule has 3 aromatic rings. The Bertz CT molecular complexity index is 922. The molecule has 24 heavy (non-hydrogen) atoms. The number of aryl methyl sites for hydroxylation is 1. The molecule has 0 aliphatic rings. The Morgan fingerprint density at radius 1 is 1.29 bits per heavy atom. The summed E-state index contributed by atoms with van der Waals surface area (Å²) in [7, 11) is 1.59. The fraction of sp³-hybridized carbons (Fsp3) is 0.368. The molecule has 0 aliphatic carbocycles. The van der Waals surface area contributed by atoms with E-state index in [1.165, 1.54) is 5.56 Å². The highest BCUT2D eigenvalue weighted by Crippen LogP contribution is 2.25. The van der Waals surface area contributed by atoms with Crippen LogP contribution in [0.25, 0.3) is 10.9 Å². The number of H-pyrrole nitrogens is 2. The zero-order valence-electron chi connectivity index (χ0n) is 14.6. The topological polar surface area (TPSA) is 70.8 Å². The summed E-state index contributed by atoms with van der Waals surface area (Å²) in [6, 6.07) is 6.20. The fourth-order valence-corrected chi connectivity index (χ4v) is 3.02. The lowest BCUT2D eigenvalue weighted by Crippen LogP contribution is -2.20. The van der Waals surface area contributed by atoms with Crippen molar-refractivity contribution in [3.8, 4) is 5.88 Å². The molecular weight excluding hydrogens is 302 g/mol. The van der Waals surface area contributed by atoms with Crippen LogP contribution in [-0.4, -0.2) is 22.1 Å². The van der Waals surface area contributed by atoms with Gasteiger partial charge in [0.2, 0.25) is 5.88 Å². The molecule has 0 saturated heterocycles. The molecule has 0 spiro atoms. The summed E-state index contributed by atoms with van der Waals surface area (Å²) < 4.78 is 5.42. The van der Waals surface area contributed by atoms with Gasteiger partial charge in [0.1, 0.15) is 5.69 Å². The number of nitrogens with zero attached hydrogens (tertiary/aromatic N) is 1. The number of methoxy groups -OCH3 is 1. The van der Waals surface area contributed by atoms with Gasteiger partial charge in [-0.15, -0.1) is 0 Å². The lowest BCUT2D eigenvalue weighted by atomic mass is 10.1. The predicted octanol–water partition coefficient (Wildman–Crippen LogP) is 3.36. The molecule has 0 radical (unpaired) electrons. The SMILES string of the molecule is COc1nc(CC(C)C)c(=O)[nH]c1Cc1c[nH]c2c(C)cccc12. The standard InChI is InChI=1S/C19H23N3O2/c1-11(2)8-15-18(23)21-16(19(22-15)24-4)9-13-10-20-17-12(3)6-5-7-14(13)17/h5-7,10-11,20H,8-9H2,1-4H3,(H,21,23). The van der Waals surface area contributed by atoms with Crippen molar-refractivity contribution in [2.24, 2.45) is 5.92 Å². The van der Waals surface area contributed by atoms with E-state index in [0.717, 1.165) is 16.5 Å². The monoisotopic (exact) mass is 325 g/mol. The van der Waals surface area contributed by atoms with Crippen molar-refractivity contribution in [1.82, 2.24) is 15.0 Å². The molecule has 0 bridgehead atoms.